The Balaban J connectivity index is 2.36. The number of benzene rings is 1. The van der Waals surface area contributed by atoms with E-state index in [0.29, 0.717) is 11.3 Å². The van der Waals surface area contributed by atoms with E-state index in [4.69, 9.17) is 9.47 Å². The highest BCUT2D eigenvalue weighted by Gasteiger charge is 2.35. The van der Waals surface area contributed by atoms with Crippen molar-refractivity contribution >= 4 is 5.97 Å². The van der Waals surface area contributed by atoms with Crippen molar-refractivity contribution in [1.82, 2.24) is 0 Å². The fraction of sp³-hybridized carbons (Fsp3) is 0.533. The molecule has 0 unspecified atom stereocenters. The van der Waals surface area contributed by atoms with Crippen molar-refractivity contribution in [2.75, 3.05) is 0 Å². The molecular formula is C15H20O4. The fourth-order valence-corrected chi connectivity index (χ4v) is 2.29. The van der Waals surface area contributed by atoms with Crippen LogP contribution in [0, 0.1) is 0 Å². The molecule has 104 valence electrons. The van der Waals surface area contributed by atoms with Gasteiger partial charge in [0.15, 0.2) is 0 Å². The van der Waals surface area contributed by atoms with Gasteiger partial charge < -0.3 is 14.6 Å². The van der Waals surface area contributed by atoms with Gasteiger partial charge in [0.1, 0.15) is 17.1 Å². The van der Waals surface area contributed by atoms with Crippen molar-refractivity contribution in [1.29, 1.82) is 0 Å². The molecule has 0 bridgehead atoms. The molecule has 1 aromatic rings. The summed E-state index contributed by atoms with van der Waals surface area (Å²) in [5.74, 6) is -0.834. The standard InChI is InChI=1S/C15H20O4/c1-4-5-6-7-10-8-11(16)9-12-13(10)14(17)19-15(2,3)18-12/h8-9,16H,4-7H2,1-3H3. The first-order valence-electron chi connectivity index (χ1n) is 6.71. The predicted molar refractivity (Wildman–Crippen MR) is 71.5 cm³/mol. The lowest BCUT2D eigenvalue weighted by molar-refractivity contribution is -0.127. The molecule has 1 aliphatic heterocycles. The number of esters is 1. The summed E-state index contributed by atoms with van der Waals surface area (Å²) in [5, 5.41) is 9.75. The third-order valence-electron chi connectivity index (χ3n) is 3.12. The number of rotatable bonds is 4. The molecular weight excluding hydrogens is 244 g/mol. The summed E-state index contributed by atoms with van der Waals surface area (Å²) in [4.78, 5) is 12.1. The second kappa shape index (κ2) is 5.11. The van der Waals surface area contributed by atoms with E-state index in [-0.39, 0.29) is 11.7 Å². The minimum Gasteiger partial charge on any atom is -0.508 e. The number of hydrogen-bond donors (Lipinski definition) is 1. The number of carbonyl (C=O) groups is 1. The van der Waals surface area contributed by atoms with E-state index in [1.165, 1.54) is 6.07 Å². The lowest BCUT2D eigenvalue weighted by Gasteiger charge is -2.32. The molecule has 1 N–H and O–H groups in total. The molecule has 1 aliphatic rings. The first-order chi connectivity index (χ1) is 8.93. The lowest BCUT2D eigenvalue weighted by Crippen LogP contribution is -2.39. The van der Waals surface area contributed by atoms with Crippen LogP contribution in [0.25, 0.3) is 0 Å². The summed E-state index contributed by atoms with van der Waals surface area (Å²) in [6, 6.07) is 3.10. The summed E-state index contributed by atoms with van der Waals surface area (Å²) in [5.41, 5.74) is 1.25. The van der Waals surface area contributed by atoms with Gasteiger partial charge in [-0.15, -0.1) is 0 Å². The van der Waals surface area contributed by atoms with E-state index in [9.17, 15) is 9.90 Å². The number of phenols is 1. The smallest absolute Gasteiger partial charge is 0.345 e. The van der Waals surface area contributed by atoms with E-state index < -0.39 is 5.79 Å². The number of aromatic hydroxyl groups is 1. The second-order valence-electron chi connectivity index (χ2n) is 5.33. The zero-order chi connectivity index (χ0) is 14.0. The Bertz CT molecular complexity index is 491. The maximum Gasteiger partial charge on any atom is 0.345 e. The van der Waals surface area contributed by atoms with Crippen LogP contribution in [0.4, 0.5) is 0 Å². The van der Waals surface area contributed by atoms with Crippen LogP contribution in [0.1, 0.15) is 56.0 Å². The Morgan fingerprint density at radius 2 is 1.95 bits per heavy atom. The minimum absolute atomic E-state index is 0.121. The van der Waals surface area contributed by atoms with Crippen molar-refractivity contribution in [3.8, 4) is 11.5 Å². The van der Waals surface area contributed by atoms with Gasteiger partial charge in [0.25, 0.3) is 0 Å². The van der Waals surface area contributed by atoms with Gasteiger partial charge in [0.05, 0.1) is 0 Å². The summed E-state index contributed by atoms with van der Waals surface area (Å²) in [7, 11) is 0. The van der Waals surface area contributed by atoms with E-state index in [1.807, 2.05) is 0 Å². The number of hydrogen-bond acceptors (Lipinski definition) is 4. The Morgan fingerprint density at radius 3 is 2.63 bits per heavy atom. The molecule has 1 heterocycles. The van der Waals surface area contributed by atoms with E-state index in [1.54, 1.807) is 19.9 Å². The highest BCUT2D eigenvalue weighted by atomic mass is 16.7. The molecule has 0 radical (unpaired) electrons. The van der Waals surface area contributed by atoms with Crippen LogP contribution in [0.3, 0.4) is 0 Å². The van der Waals surface area contributed by atoms with Gasteiger partial charge in [-0.05, 0) is 24.5 Å². The van der Waals surface area contributed by atoms with Crippen LogP contribution >= 0.6 is 0 Å². The third kappa shape index (κ3) is 3.00. The normalized spacial score (nSPS) is 16.5. The van der Waals surface area contributed by atoms with Crippen molar-refractivity contribution in [2.45, 2.75) is 52.2 Å². The second-order valence-corrected chi connectivity index (χ2v) is 5.33. The summed E-state index contributed by atoms with van der Waals surface area (Å²) in [6.07, 6.45) is 3.91. The number of fused-ring (bicyclic) bond motifs is 1. The van der Waals surface area contributed by atoms with Crippen LogP contribution in [-0.2, 0) is 11.2 Å². The summed E-state index contributed by atoms with van der Waals surface area (Å²) >= 11 is 0. The lowest BCUT2D eigenvalue weighted by atomic mass is 9.99. The van der Waals surface area contributed by atoms with Crippen LogP contribution in [0.5, 0.6) is 11.5 Å². The zero-order valence-corrected chi connectivity index (χ0v) is 11.7. The number of aryl methyl sites for hydroxylation is 1. The first kappa shape index (κ1) is 13.7. The first-order valence-corrected chi connectivity index (χ1v) is 6.71. The number of cyclic esters (lactones) is 1. The Labute approximate surface area is 113 Å². The van der Waals surface area contributed by atoms with E-state index in [2.05, 4.69) is 6.92 Å². The van der Waals surface area contributed by atoms with E-state index in [0.717, 1.165) is 31.2 Å². The molecule has 0 atom stereocenters. The van der Waals surface area contributed by atoms with Crippen molar-refractivity contribution in [3.63, 3.8) is 0 Å². The SMILES string of the molecule is CCCCCc1cc(O)cc2c1C(=O)OC(C)(C)O2. The fourth-order valence-electron chi connectivity index (χ4n) is 2.29. The maximum atomic E-state index is 12.1. The van der Waals surface area contributed by atoms with Crippen molar-refractivity contribution < 1.29 is 19.4 Å². The molecule has 4 nitrogen and oxygen atoms in total. The molecule has 0 saturated heterocycles. The molecule has 0 saturated carbocycles. The average molecular weight is 264 g/mol. The van der Waals surface area contributed by atoms with E-state index >= 15 is 0 Å². The summed E-state index contributed by atoms with van der Waals surface area (Å²) < 4.78 is 10.9. The Hall–Kier alpha value is -1.71. The van der Waals surface area contributed by atoms with Crippen LogP contribution in [0.2, 0.25) is 0 Å². The monoisotopic (exact) mass is 264 g/mol. The topological polar surface area (TPSA) is 55.8 Å². The van der Waals surface area contributed by atoms with Crippen LogP contribution < -0.4 is 4.74 Å². The number of phenolic OH excluding ortho intramolecular Hbond substituents is 1. The maximum absolute atomic E-state index is 12.1. The quantitative estimate of drug-likeness (QED) is 0.669. The van der Waals surface area contributed by atoms with Gasteiger partial charge in [-0.3, -0.25) is 0 Å². The third-order valence-corrected chi connectivity index (χ3v) is 3.12. The zero-order valence-electron chi connectivity index (χ0n) is 11.7. The number of ether oxygens (including phenoxy) is 2. The molecule has 4 heteroatoms. The Morgan fingerprint density at radius 1 is 1.21 bits per heavy atom. The molecule has 0 aliphatic carbocycles. The van der Waals surface area contributed by atoms with Crippen molar-refractivity contribution in [2.24, 2.45) is 0 Å². The Kier molecular flexibility index (Phi) is 3.69. The highest BCUT2D eigenvalue weighted by molar-refractivity contribution is 5.95. The van der Waals surface area contributed by atoms with Crippen LogP contribution in [0.15, 0.2) is 12.1 Å². The molecule has 0 fully saturated rings. The molecule has 1 aromatic carbocycles. The minimum atomic E-state index is -0.988. The van der Waals surface area contributed by atoms with Gasteiger partial charge in [-0.25, -0.2) is 4.79 Å². The molecule has 0 amide bonds. The molecule has 0 aromatic heterocycles. The average Bonchev–Trinajstić information content (AvgIpc) is 2.25. The van der Waals surface area contributed by atoms with Crippen LogP contribution in [-0.4, -0.2) is 16.9 Å². The molecule has 0 spiro atoms. The van der Waals surface area contributed by atoms with Gasteiger partial charge >= 0.3 is 5.97 Å². The highest BCUT2D eigenvalue weighted by Crippen LogP contribution is 2.36. The number of carbonyl (C=O) groups excluding carboxylic acids is 1. The van der Waals surface area contributed by atoms with Gasteiger partial charge in [-0.2, -0.15) is 0 Å². The molecule has 2 rings (SSSR count). The van der Waals surface area contributed by atoms with Crippen molar-refractivity contribution in [3.05, 3.63) is 23.3 Å². The largest absolute Gasteiger partial charge is 0.508 e. The van der Waals surface area contributed by atoms with Gasteiger partial charge in [-0.1, -0.05) is 19.8 Å². The van der Waals surface area contributed by atoms with Gasteiger partial charge in [0.2, 0.25) is 5.79 Å². The predicted octanol–water partition coefficient (Wildman–Crippen LogP) is 3.41. The van der Waals surface area contributed by atoms with Gasteiger partial charge in [0, 0.05) is 19.9 Å². The summed E-state index contributed by atoms with van der Waals surface area (Å²) in [6.45, 7) is 5.47. The number of unbranched alkanes of at least 4 members (excludes halogenated alkanes) is 2. The molecule has 19 heavy (non-hydrogen) atoms.